The van der Waals surface area contributed by atoms with E-state index >= 15 is 0 Å². The van der Waals surface area contributed by atoms with E-state index in [-0.39, 0.29) is 5.91 Å². The minimum atomic E-state index is 0.238. The monoisotopic (exact) mass is 170 g/mol. The van der Waals surface area contributed by atoms with E-state index in [1.165, 1.54) is 0 Å². The smallest absolute Gasteiger partial charge is 0.236 e. The van der Waals surface area contributed by atoms with Crippen molar-refractivity contribution in [3.05, 3.63) is 0 Å². The van der Waals surface area contributed by atoms with Gasteiger partial charge in [0.25, 0.3) is 0 Å². The van der Waals surface area contributed by atoms with Crippen LogP contribution in [0.3, 0.4) is 0 Å². The Hall–Kier alpha value is -0.570. The molecule has 0 aromatic carbocycles. The molecule has 0 aromatic rings. The van der Waals surface area contributed by atoms with Gasteiger partial charge in [-0.3, -0.25) is 4.79 Å². The topological polar surface area (TPSA) is 32.3 Å². The van der Waals surface area contributed by atoms with Gasteiger partial charge in [0.2, 0.25) is 5.91 Å². The molecule has 0 aromatic heterocycles. The van der Waals surface area contributed by atoms with Gasteiger partial charge in [-0.1, -0.05) is 13.8 Å². The van der Waals surface area contributed by atoms with Crippen LogP contribution in [0.2, 0.25) is 0 Å². The van der Waals surface area contributed by atoms with E-state index in [9.17, 15) is 4.79 Å². The van der Waals surface area contributed by atoms with E-state index in [1.807, 2.05) is 4.90 Å². The number of rotatable bonds is 2. The summed E-state index contributed by atoms with van der Waals surface area (Å²) in [5.41, 5.74) is 0. The molecule has 1 N–H and O–H groups in total. The lowest BCUT2D eigenvalue weighted by atomic mass is 10.0. The van der Waals surface area contributed by atoms with Crippen molar-refractivity contribution in [1.29, 1.82) is 0 Å². The number of nitrogens with one attached hydrogen (secondary N) is 1. The maximum Gasteiger partial charge on any atom is 0.236 e. The van der Waals surface area contributed by atoms with Crippen LogP contribution < -0.4 is 5.32 Å². The summed E-state index contributed by atoms with van der Waals surface area (Å²) in [4.78, 5) is 13.4. The van der Waals surface area contributed by atoms with Gasteiger partial charge < -0.3 is 10.2 Å². The fraction of sp³-hybridized carbons (Fsp3) is 0.889. The number of hydrogen-bond donors (Lipinski definition) is 1. The summed E-state index contributed by atoms with van der Waals surface area (Å²) in [5, 5.41) is 3.07. The Balaban J connectivity index is 2.53. The quantitative estimate of drug-likeness (QED) is 0.653. The molecule has 1 heterocycles. The molecular formula is C9H18N2O. The molecule has 3 nitrogen and oxygen atoms in total. The molecule has 1 atom stereocenters. The van der Waals surface area contributed by atoms with Crippen LogP contribution in [0.4, 0.5) is 0 Å². The van der Waals surface area contributed by atoms with E-state index in [0.717, 1.165) is 13.1 Å². The summed E-state index contributed by atoms with van der Waals surface area (Å²) >= 11 is 0. The van der Waals surface area contributed by atoms with Crippen molar-refractivity contribution in [3.63, 3.8) is 0 Å². The van der Waals surface area contributed by atoms with Crippen LogP contribution in [0.5, 0.6) is 0 Å². The zero-order valence-electron chi connectivity index (χ0n) is 8.13. The zero-order chi connectivity index (χ0) is 9.14. The second-order valence-electron chi connectivity index (χ2n) is 3.75. The number of hydrogen-bond acceptors (Lipinski definition) is 2. The summed E-state index contributed by atoms with van der Waals surface area (Å²) in [6.45, 7) is 8.73. The molecule has 0 spiro atoms. The van der Waals surface area contributed by atoms with Gasteiger partial charge in [0.15, 0.2) is 0 Å². The van der Waals surface area contributed by atoms with Crippen LogP contribution in [-0.4, -0.2) is 36.5 Å². The molecule has 70 valence electrons. The lowest BCUT2D eigenvalue weighted by Crippen LogP contribution is -2.52. The van der Waals surface area contributed by atoms with Crippen molar-refractivity contribution in [3.8, 4) is 0 Å². The largest absolute Gasteiger partial charge is 0.337 e. The molecule has 0 bridgehead atoms. The molecule has 1 fully saturated rings. The molecule has 12 heavy (non-hydrogen) atoms. The molecule has 0 unspecified atom stereocenters. The van der Waals surface area contributed by atoms with Gasteiger partial charge >= 0.3 is 0 Å². The summed E-state index contributed by atoms with van der Waals surface area (Å²) < 4.78 is 0. The molecule has 0 radical (unpaired) electrons. The molecule has 0 saturated carbocycles. The third-order valence-corrected chi connectivity index (χ3v) is 2.58. The molecule has 1 aliphatic rings. The second kappa shape index (κ2) is 3.90. The number of amides is 1. The van der Waals surface area contributed by atoms with Crippen molar-refractivity contribution in [2.45, 2.75) is 26.8 Å². The van der Waals surface area contributed by atoms with Gasteiger partial charge in [0, 0.05) is 19.1 Å². The van der Waals surface area contributed by atoms with Gasteiger partial charge in [-0.15, -0.1) is 0 Å². The highest BCUT2D eigenvalue weighted by Gasteiger charge is 2.24. The van der Waals surface area contributed by atoms with Crippen LogP contribution in [0.1, 0.15) is 20.8 Å². The number of carbonyl (C=O) groups is 1. The first kappa shape index (κ1) is 9.52. The Bertz CT molecular complexity index is 168. The number of nitrogens with zero attached hydrogens (tertiary/aromatic N) is 1. The highest BCUT2D eigenvalue weighted by Crippen LogP contribution is 2.10. The molecule has 3 heteroatoms. The summed E-state index contributed by atoms with van der Waals surface area (Å²) in [5.74, 6) is 0.787. The maximum absolute atomic E-state index is 11.4. The lowest BCUT2D eigenvalue weighted by molar-refractivity contribution is -0.134. The van der Waals surface area contributed by atoms with Crippen LogP contribution >= 0.6 is 0 Å². The first-order valence-corrected chi connectivity index (χ1v) is 4.63. The average molecular weight is 170 g/mol. The zero-order valence-corrected chi connectivity index (χ0v) is 8.13. The van der Waals surface area contributed by atoms with Gasteiger partial charge in [0.05, 0.1) is 6.54 Å². The molecule has 0 aliphatic carbocycles. The van der Waals surface area contributed by atoms with Gasteiger partial charge in [-0.2, -0.15) is 0 Å². The fourth-order valence-corrected chi connectivity index (χ4v) is 1.41. The van der Waals surface area contributed by atoms with E-state index in [4.69, 9.17) is 0 Å². The van der Waals surface area contributed by atoms with Gasteiger partial charge in [-0.05, 0) is 12.8 Å². The predicted molar refractivity (Wildman–Crippen MR) is 48.9 cm³/mol. The molecule has 1 aliphatic heterocycles. The number of piperazine rings is 1. The molecule has 1 rings (SSSR count). The summed E-state index contributed by atoms with van der Waals surface area (Å²) in [6.07, 6.45) is 0. The van der Waals surface area contributed by atoms with Crippen LogP contribution in [-0.2, 0) is 4.79 Å². The Morgan fingerprint density at radius 2 is 2.08 bits per heavy atom. The van der Waals surface area contributed by atoms with Crippen molar-refractivity contribution in [2.75, 3.05) is 19.6 Å². The minimum absolute atomic E-state index is 0.238. The molecular weight excluding hydrogens is 152 g/mol. The van der Waals surface area contributed by atoms with E-state index in [0.29, 0.717) is 18.5 Å². The van der Waals surface area contributed by atoms with Gasteiger partial charge in [-0.25, -0.2) is 0 Å². The van der Waals surface area contributed by atoms with Crippen molar-refractivity contribution < 1.29 is 4.79 Å². The predicted octanol–water partition coefficient (Wildman–Crippen LogP) is 0.463. The van der Waals surface area contributed by atoms with Crippen LogP contribution in [0.15, 0.2) is 0 Å². The van der Waals surface area contributed by atoms with E-state index in [1.54, 1.807) is 0 Å². The Kier molecular flexibility index (Phi) is 3.09. The van der Waals surface area contributed by atoms with E-state index < -0.39 is 0 Å². The summed E-state index contributed by atoms with van der Waals surface area (Å²) in [6, 6.07) is 0.375. The fourth-order valence-electron chi connectivity index (χ4n) is 1.41. The average Bonchev–Trinajstić information content (AvgIpc) is 2.04. The Morgan fingerprint density at radius 1 is 1.42 bits per heavy atom. The lowest BCUT2D eigenvalue weighted by Gasteiger charge is -2.35. The van der Waals surface area contributed by atoms with E-state index in [2.05, 4.69) is 26.1 Å². The third-order valence-electron chi connectivity index (χ3n) is 2.58. The van der Waals surface area contributed by atoms with Gasteiger partial charge in [0.1, 0.15) is 0 Å². The normalized spacial score (nSPS) is 21.7. The molecule has 1 amide bonds. The molecule has 1 saturated heterocycles. The number of carbonyl (C=O) groups excluding carboxylic acids is 1. The highest BCUT2D eigenvalue weighted by atomic mass is 16.2. The minimum Gasteiger partial charge on any atom is -0.337 e. The SMILES string of the molecule is CC(C)[C@@H](C)N1CCNCC1=O. The first-order valence-electron chi connectivity index (χ1n) is 4.63. The van der Waals surface area contributed by atoms with Crippen LogP contribution in [0.25, 0.3) is 0 Å². The van der Waals surface area contributed by atoms with Crippen molar-refractivity contribution in [2.24, 2.45) is 5.92 Å². The summed E-state index contributed by atoms with van der Waals surface area (Å²) in [7, 11) is 0. The second-order valence-corrected chi connectivity index (χ2v) is 3.75. The maximum atomic E-state index is 11.4. The Labute approximate surface area is 74.1 Å². The van der Waals surface area contributed by atoms with Crippen molar-refractivity contribution >= 4 is 5.91 Å². The van der Waals surface area contributed by atoms with Crippen molar-refractivity contribution in [1.82, 2.24) is 10.2 Å². The standard InChI is InChI=1S/C9H18N2O/c1-7(2)8(3)11-5-4-10-6-9(11)12/h7-8,10H,4-6H2,1-3H3/t8-/m1/s1. The first-order chi connectivity index (χ1) is 5.63. The van der Waals surface area contributed by atoms with Crippen LogP contribution in [0, 0.1) is 5.92 Å². The third kappa shape index (κ3) is 1.97. The highest BCUT2D eigenvalue weighted by molar-refractivity contribution is 5.79. The Morgan fingerprint density at radius 3 is 2.58 bits per heavy atom.